The smallest absolute Gasteiger partial charge is 0.129 e. The fraction of sp³-hybridized carbons (Fsp3) is 0.600. The Morgan fingerprint density at radius 3 is 2.50 bits per heavy atom. The molecule has 18 heavy (non-hydrogen) atoms. The van der Waals surface area contributed by atoms with Crippen molar-refractivity contribution in [2.24, 2.45) is 5.73 Å². The zero-order valence-electron chi connectivity index (χ0n) is 11.5. The lowest BCUT2D eigenvalue weighted by molar-refractivity contribution is -0.0239. The lowest BCUT2D eigenvalue weighted by Crippen LogP contribution is -2.32. The highest BCUT2D eigenvalue weighted by Gasteiger charge is 2.24. The summed E-state index contributed by atoms with van der Waals surface area (Å²) >= 11 is 0. The number of halogens is 1. The molecule has 0 aromatic heterocycles. The van der Waals surface area contributed by atoms with Crippen LogP contribution in [0, 0.1) is 5.82 Å². The van der Waals surface area contributed by atoms with Crippen LogP contribution in [0.4, 0.5) is 4.39 Å². The molecule has 0 saturated heterocycles. The van der Waals surface area contributed by atoms with Crippen LogP contribution in [-0.4, -0.2) is 12.1 Å². The zero-order valence-corrected chi connectivity index (χ0v) is 11.5. The second-order valence-corrected chi connectivity index (χ2v) is 4.75. The van der Waals surface area contributed by atoms with Crippen LogP contribution in [0.25, 0.3) is 0 Å². The van der Waals surface area contributed by atoms with Gasteiger partial charge in [-0.2, -0.15) is 0 Å². The van der Waals surface area contributed by atoms with E-state index in [0.717, 1.165) is 19.3 Å². The van der Waals surface area contributed by atoms with Crippen molar-refractivity contribution in [3.05, 3.63) is 35.6 Å². The van der Waals surface area contributed by atoms with Crippen molar-refractivity contribution in [1.29, 1.82) is 0 Å². The average molecular weight is 253 g/mol. The maximum atomic E-state index is 13.8. The van der Waals surface area contributed by atoms with Gasteiger partial charge in [-0.1, -0.05) is 38.5 Å². The highest BCUT2D eigenvalue weighted by Crippen LogP contribution is 2.26. The Hall–Kier alpha value is -0.930. The summed E-state index contributed by atoms with van der Waals surface area (Å²) in [6.07, 6.45) is 2.50. The molecule has 0 amide bonds. The van der Waals surface area contributed by atoms with Gasteiger partial charge in [0.2, 0.25) is 0 Å². The summed E-state index contributed by atoms with van der Waals surface area (Å²) in [5, 5.41) is 0. The van der Waals surface area contributed by atoms with E-state index in [1.807, 2.05) is 19.9 Å². The number of hydrogen-bond acceptors (Lipinski definition) is 2. The Bertz CT molecular complexity index is 356. The molecule has 1 aromatic rings. The minimum Gasteiger partial charge on any atom is -0.369 e. The Morgan fingerprint density at radius 1 is 1.28 bits per heavy atom. The predicted molar refractivity (Wildman–Crippen MR) is 72.9 cm³/mol. The molecule has 0 saturated carbocycles. The summed E-state index contributed by atoms with van der Waals surface area (Å²) < 4.78 is 19.8. The quantitative estimate of drug-likeness (QED) is 0.802. The third-order valence-electron chi connectivity index (χ3n) is 3.15. The largest absolute Gasteiger partial charge is 0.369 e. The SMILES string of the molecule is CCCC(C)OC(c1ccccc1F)C(N)CC. The first-order valence-electron chi connectivity index (χ1n) is 6.75. The molecule has 3 unspecified atom stereocenters. The van der Waals surface area contributed by atoms with Crippen LogP contribution >= 0.6 is 0 Å². The third kappa shape index (κ3) is 4.07. The molecule has 0 aliphatic rings. The zero-order chi connectivity index (χ0) is 13.5. The van der Waals surface area contributed by atoms with Gasteiger partial charge in [-0.15, -0.1) is 0 Å². The van der Waals surface area contributed by atoms with E-state index < -0.39 is 0 Å². The second kappa shape index (κ2) is 7.49. The molecule has 3 atom stereocenters. The van der Waals surface area contributed by atoms with E-state index in [1.165, 1.54) is 6.07 Å². The summed E-state index contributed by atoms with van der Waals surface area (Å²) in [7, 11) is 0. The Labute approximate surface area is 109 Å². The van der Waals surface area contributed by atoms with Crippen LogP contribution in [0.1, 0.15) is 51.7 Å². The molecule has 1 rings (SSSR count). The summed E-state index contributed by atoms with van der Waals surface area (Å²) in [5.74, 6) is -0.241. The van der Waals surface area contributed by atoms with E-state index in [0.29, 0.717) is 5.56 Å². The average Bonchev–Trinajstić information content (AvgIpc) is 2.36. The van der Waals surface area contributed by atoms with Crippen LogP contribution in [0.3, 0.4) is 0 Å². The first kappa shape index (κ1) is 15.1. The fourth-order valence-electron chi connectivity index (χ4n) is 2.05. The number of rotatable bonds is 7. The van der Waals surface area contributed by atoms with Crippen LogP contribution < -0.4 is 5.73 Å². The maximum Gasteiger partial charge on any atom is 0.129 e. The molecule has 0 spiro atoms. The molecule has 2 N–H and O–H groups in total. The summed E-state index contributed by atoms with van der Waals surface area (Å²) in [5.41, 5.74) is 6.64. The molecule has 102 valence electrons. The third-order valence-corrected chi connectivity index (χ3v) is 3.15. The van der Waals surface area contributed by atoms with Crippen LogP contribution in [0.2, 0.25) is 0 Å². The molecule has 0 bridgehead atoms. The minimum absolute atomic E-state index is 0.0946. The van der Waals surface area contributed by atoms with Crippen LogP contribution in [0.5, 0.6) is 0 Å². The van der Waals surface area contributed by atoms with Crippen molar-refractivity contribution >= 4 is 0 Å². The molecule has 0 heterocycles. The minimum atomic E-state index is -0.363. The van der Waals surface area contributed by atoms with E-state index in [-0.39, 0.29) is 24.1 Å². The molecular formula is C15H24FNO. The van der Waals surface area contributed by atoms with Gasteiger partial charge >= 0.3 is 0 Å². The van der Waals surface area contributed by atoms with E-state index in [9.17, 15) is 4.39 Å². The highest BCUT2D eigenvalue weighted by atomic mass is 19.1. The van der Waals surface area contributed by atoms with Gasteiger partial charge in [-0.25, -0.2) is 4.39 Å². The molecule has 0 aliphatic carbocycles. The van der Waals surface area contributed by atoms with Gasteiger partial charge in [0, 0.05) is 11.6 Å². The van der Waals surface area contributed by atoms with Gasteiger partial charge < -0.3 is 10.5 Å². The fourth-order valence-corrected chi connectivity index (χ4v) is 2.05. The monoisotopic (exact) mass is 253 g/mol. The van der Waals surface area contributed by atoms with Crippen molar-refractivity contribution in [2.75, 3.05) is 0 Å². The van der Waals surface area contributed by atoms with Crippen molar-refractivity contribution in [3.63, 3.8) is 0 Å². The van der Waals surface area contributed by atoms with Gasteiger partial charge in [-0.05, 0) is 25.8 Å². The standard InChI is InChI=1S/C15H24FNO/c1-4-8-11(3)18-15(14(17)5-2)12-9-6-7-10-13(12)16/h6-7,9-11,14-15H,4-5,8,17H2,1-3H3. The summed E-state index contributed by atoms with van der Waals surface area (Å²) in [6, 6.07) is 6.54. The Kier molecular flexibility index (Phi) is 6.30. The van der Waals surface area contributed by atoms with Gasteiger partial charge in [0.1, 0.15) is 11.9 Å². The molecule has 0 aliphatic heterocycles. The number of benzene rings is 1. The number of nitrogens with two attached hydrogens (primary N) is 1. The lowest BCUT2D eigenvalue weighted by atomic mass is 10.00. The summed E-state index contributed by atoms with van der Waals surface area (Å²) in [6.45, 7) is 6.11. The van der Waals surface area contributed by atoms with E-state index in [2.05, 4.69) is 6.92 Å². The first-order valence-corrected chi connectivity index (χ1v) is 6.75. The van der Waals surface area contributed by atoms with E-state index in [4.69, 9.17) is 10.5 Å². The van der Waals surface area contributed by atoms with Crippen LogP contribution in [-0.2, 0) is 4.74 Å². The summed E-state index contributed by atoms with van der Waals surface area (Å²) in [4.78, 5) is 0. The second-order valence-electron chi connectivity index (χ2n) is 4.75. The van der Waals surface area contributed by atoms with Gasteiger partial charge in [-0.3, -0.25) is 0 Å². The lowest BCUT2D eigenvalue weighted by Gasteiger charge is -2.27. The number of ether oxygens (including phenoxy) is 1. The predicted octanol–water partition coefficient (Wildman–Crippen LogP) is 3.81. The maximum absolute atomic E-state index is 13.8. The van der Waals surface area contributed by atoms with Crippen molar-refractivity contribution in [1.82, 2.24) is 0 Å². The van der Waals surface area contributed by atoms with Crippen molar-refractivity contribution in [2.45, 2.75) is 58.3 Å². The molecule has 0 fully saturated rings. The molecule has 3 heteroatoms. The molecule has 0 radical (unpaired) electrons. The Balaban J connectivity index is 2.88. The van der Waals surface area contributed by atoms with Gasteiger partial charge in [0.15, 0.2) is 0 Å². The normalized spacial score (nSPS) is 16.3. The highest BCUT2D eigenvalue weighted by molar-refractivity contribution is 5.21. The first-order chi connectivity index (χ1) is 8.60. The topological polar surface area (TPSA) is 35.2 Å². The van der Waals surface area contributed by atoms with E-state index >= 15 is 0 Å². The van der Waals surface area contributed by atoms with Crippen molar-refractivity contribution < 1.29 is 9.13 Å². The number of hydrogen-bond donors (Lipinski definition) is 1. The van der Waals surface area contributed by atoms with Crippen molar-refractivity contribution in [3.8, 4) is 0 Å². The van der Waals surface area contributed by atoms with E-state index in [1.54, 1.807) is 12.1 Å². The van der Waals surface area contributed by atoms with Crippen LogP contribution in [0.15, 0.2) is 24.3 Å². The van der Waals surface area contributed by atoms with Gasteiger partial charge in [0.05, 0.1) is 6.10 Å². The Morgan fingerprint density at radius 2 is 1.94 bits per heavy atom. The molecule has 2 nitrogen and oxygen atoms in total. The molecular weight excluding hydrogens is 229 g/mol. The van der Waals surface area contributed by atoms with Gasteiger partial charge in [0.25, 0.3) is 0 Å². The molecule has 1 aromatic carbocycles.